The Hall–Kier alpha value is -3.01. The molecule has 1 aliphatic heterocycles. The highest BCUT2D eigenvalue weighted by molar-refractivity contribution is 7.89. The molecule has 0 bridgehead atoms. The highest BCUT2D eigenvalue weighted by Gasteiger charge is 2.32. The van der Waals surface area contributed by atoms with Crippen LogP contribution in [0.5, 0.6) is 0 Å². The van der Waals surface area contributed by atoms with Crippen LogP contribution in [0, 0.1) is 12.7 Å². The Balaban J connectivity index is 1.38. The number of sulfonamides is 1. The molecule has 34 heavy (non-hydrogen) atoms. The zero-order valence-electron chi connectivity index (χ0n) is 19.0. The van der Waals surface area contributed by atoms with Crippen molar-refractivity contribution in [2.24, 2.45) is 7.05 Å². The third-order valence-corrected chi connectivity index (χ3v) is 9.21. The minimum atomic E-state index is -3.66. The molecule has 0 radical (unpaired) electrons. The quantitative estimate of drug-likeness (QED) is 0.399. The van der Waals surface area contributed by atoms with Gasteiger partial charge in [0.15, 0.2) is 0 Å². The Morgan fingerprint density at radius 2 is 1.65 bits per heavy atom. The number of rotatable bonds is 5. The summed E-state index contributed by atoms with van der Waals surface area (Å²) in [6.07, 6.45) is 0. The largest absolute Gasteiger partial charge is 0.369 e. The third kappa shape index (κ3) is 4.15. The minimum absolute atomic E-state index is 0.281. The maximum atomic E-state index is 13.5. The molecule has 9 heteroatoms. The van der Waals surface area contributed by atoms with Gasteiger partial charge in [-0.05, 0) is 37.3 Å². The van der Waals surface area contributed by atoms with Gasteiger partial charge in [-0.15, -0.1) is 11.3 Å². The fraction of sp³-hybridized carbons (Fsp3) is 0.240. The van der Waals surface area contributed by atoms with Crippen molar-refractivity contribution in [3.63, 3.8) is 0 Å². The average Bonchev–Trinajstić information content (AvgIpc) is 3.46. The van der Waals surface area contributed by atoms with E-state index in [0.29, 0.717) is 36.8 Å². The predicted octanol–water partition coefficient (Wildman–Crippen LogP) is 4.77. The van der Waals surface area contributed by atoms with Gasteiger partial charge >= 0.3 is 0 Å². The summed E-state index contributed by atoms with van der Waals surface area (Å²) in [4.78, 5) is 7.16. The number of hydrogen-bond acceptors (Lipinski definition) is 5. The van der Waals surface area contributed by atoms with Crippen molar-refractivity contribution in [2.75, 3.05) is 31.1 Å². The van der Waals surface area contributed by atoms with Crippen molar-refractivity contribution in [1.82, 2.24) is 13.9 Å². The number of thiazole rings is 1. The van der Waals surface area contributed by atoms with Crippen molar-refractivity contribution < 1.29 is 12.8 Å². The second kappa shape index (κ2) is 8.98. The molecule has 1 saturated heterocycles. The average molecular weight is 497 g/mol. The van der Waals surface area contributed by atoms with Crippen LogP contribution >= 0.6 is 11.3 Å². The first-order valence-corrected chi connectivity index (χ1v) is 13.3. The molecule has 0 saturated carbocycles. The zero-order chi connectivity index (χ0) is 23.9. The molecule has 0 amide bonds. The molecule has 4 aromatic rings. The van der Waals surface area contributed by atoms with Crippen LogP contribution in [-0.4, -0.2) is 48.5 Å². The van der Waals surface area contributed by atoms with E-state index in [1.54, 1.807) is 18.2 Å². The maximum absolute atomic E-state index is 13.5. The van der Waals surface area contributed by atoms with Crippen LogP contribution in [0.2, 0.25) is 0 Å². The van der Waals surface area contributed by atoms with Crippen molar-refractivity contribution in [1.29, 1.82) is 0 Å². The number of aromatic nitrogens is 2. The van der Waals surface area contributed by atoms with Crippen LogP contribution in [0.3, 0.4) is 0 Å². The molecule has 0 aliphatic carbocycles. The molecular weight excluding hydrogens is 471 g/mol. The molecule has 1 aliphatic rings. The molecular formula is C25H25FN4O2S2. The normalized spacial score (nSPS) is 15.1. The van der Waals surface area contributed by atoms with E-state index in [1.807, 2.05) is 54.3 Å². The monoisotopic (exact) mass is 496 g/mol. The predicted molar refractivity (Wildman–Crippen MR) is 134 cm³/mol. The lowest BCUT2D eigenvalue weighted by Gasteiger charge is -2.35. The highest BCUT2D eigenvalue weighted by atomic mass is 32.2. The van der Waals surface area contributed by atoms with Gasteiger partial charge in [-0.3, -0.25) is 0 Å². The molecule has 0 spiro atoms. The van der Waals surface area contributed by atoms with Gasteiger partial charge in [0.05, 0.1) is 11.4 Å². The zero-order valence-corrected chi connectivity index (χ0v) is 20.6. The maximum Gasteiger partial charge on any atom is 0.244 e. The van der Waals surface area contributed by atoms with Crippen LogP contribution < -0.4 is 4.90 Å². The van der Waals surface area contributed by atoms with Gasteiger partial charge in [-0.2, -0.15) is 4.31 Å². The van der Waals surface area contributed by atoms with Crippen LogP contribution in [0.15, 0.2) is 70.9 Å². The first kappa shape index (κ1) is 22.8. The molecule has 0 atom stereocenters. The van der Waals surface area contributed by atoms with Crippen molar-refractivity contribution >= 4 is 27.0 Å². The Morgan fingerprint density at radius 1 is 0.971 bits per heavy atom. The van der Waals surface area contributed by atoms with Crippen molar-refractivity contribution in [3.8, 4) is 22.0 Å². The van der Waals surface area contributed by atoms with E-state index in [-0.39, 0.29) is 5.82 Å². The summed E-state index contributed by atoms with van der Waals surface area (Å²) in [7, 11) is -1.78. The molecule has 0 unspecified atom stereocenters. The van der Waals surface area contributed by atoms with Crippen LogP contribution in [-0.2, 0) is 17.1 Å². The van der Waals surface area contributed by atoms with Gasteiger partial charge < -0.3 is 9.47 Å². The first-order valence-electron chi connectivity index (χ1n) is 11.0. The fourth-order valence-corrected chi connectivity index (χ4v) is 6.82. The molecule has 176 valence electrons. The Morgan fingerprint density at radius 3 is 2.32 bits per heavy atom. The van der Waals surface area contributed by atoms with Crippen LogP contribution in [0.4, 0.5) is 10.1 Å². The van der Waals surface area contributed by atoms with Gasteiger partial charge in [0, 0.05) is 55.6 Å². The second-order valence-corrected chi connectivity index (χ2v) is 11.1. The summed E-state index contributed by atoms with van der Waals surface area (Å²) in [5, 5.41) is 2.78. The van der Waals surface area contributed by atoms with E-state index in [4.69, 9.17) is 4.98 Å². The highest BCUT2D eigenvalue weighted by Crippen LogP contribution is 2.34. The van der Waals surface area contributed by atoms with E-state index >= 15 is 0 Å². The number of nitrogens with zero attached hydrogens (tertiary/aromatic N) is 4. The molecule has 2 aromatic heterocycles. The summed E-state index contributed by atoms with van der Waals surface area (Å²) in [6, 6.07) is 18.0. The minimum Gasteiger partial charge on any atom is -0.369 e. The SMILES string of the molecule is Cc1c(S(=O)(=O)N2CCN(c3ccc(F)cc3)CC2)cc(-c2nc(-c3ccccc3)cs2)n1C. The summed E-state index contributed by atoms with van der Waals surface area (Å²) in [6.45, 7) is 3.68. The topological polar surface area (TPSA) is 58.4 Å². The second-order valence-electron chi connectivity index (χ2n) is 8.31. The number of piperazine rings is 1. The van der Waals surface area contributed by atoms with Crippen molar-refractivity contribution in [2.45, 2.75) is 11.8 Å². The molecule has 5 rings (SSSR count). The fourth-order valence-electron chi connectivity index (χ4n) is 4.25. The summed E-state index contributed by atoms with van der Waals surface area (Å²) >= 11 is 1.51. The lowest BCUT2D eigenvalue weighted by atomic mass is 10.2. The Labute approximate surface area is 203 Å². The lowest BCUT2D eigenvalue weighted by Crippen LogP contribution is -2.48. The van der Waals surface area contributed by atoms with Gasteiger partial charge in [0.1, 0.15) is 15.7 Å². The molecule has 3 heterocycles. The van der Waals surface area contributed by atoms with E-state index in [1.165, 1.54) is 27.8 Å². The van der Waals surface area contributed by atoms with Gasteiger partial charge in [0.2, 0.25) is 10.0 Å². The number of hydrogen-bond donors (Lipinski definition) is 0. The van der Waals surface area contributed by atoms with E-state index < -0.39 is 10.0 Å². The summed E-state index contributed by atoms with van der Waals surface area (Å²) in [5.41, 5.74) is 4.28. The lowest BCUT2D eigenvalue weighted by molar-refractivity contribution is 0.384. The van der Waals surface area contributed by atoms with E-state index in [2.05, 4.69) is 4.90 Å². The van der Waals surface area contributed by atoms with Crippen molar-refractivity contribution in [3.05, 3.63) is 77.6 Å². The standard InChI is InChI=1S/C25H25FN4O2S2/c1-18-24(16-23(28(18)2)25-27-22(17-33-25)19-6-4-3-5-7-19)34(31,32)30-14-12-29(13-15-30)21-10-8-20(26)9-11-21/h3-11,16-17H,12-15H2,1-2H3. The van der Waals surface area contributed by atoms with Crippen LogP contribution in [0.1, 0.15) is 5.69 Å². The molecule has 6 nitrogen and oxygen atoms in total. The summed E-state index contributed by atoms with van der Waals surface area (Å²) < 4.78 is 43.8. The Bertz CT molecular complexity index is 1410. The van der Waals surface area contributed by atoms with Gasteiger partial charge in [0.25, 0.3) is 0 Å². The van der Waals surface area contributed by atoms with E-state index in [9.17, 15) is 12.8 Å². The summed E-state index contributed by atoms with van der Waals surface area (Å²) in [5.74, 6) is -0.281. The smallest absolute Gasteiger partial charge is 0.244 e. The third-order valence-electron chi connectivity index (χ3n) is 6.33. The van der Waals surface area contributed by atoms with E-state index in [0.717, 1.165) is 27.6 Å². The van der Waals surface area contributed by atoms with Gasteiger partial charge in [-0.25, -0.2) is 17.8 Å². The molecule has 0 N–H and O–H groups in total. The molecule has 1 fully saturated rings. The number of benzene rings is 2. The van der Waals surface area contributed by atoms with Crippen LogP contribution in [0.25, 0.3) is 22.0 Å². The Kier molecular flexibility index (Phi) is 6.01. The number of halogens is 1. The first-order chi connectivity index (χ1) is 16.3. The molecule has 2 aromatic carbocycles. The van der Waals surface area contributed by atoms with Gasteiger partial charge in [-0.1, -0.05) is 30.3 Å². The number of anilines is 1.